The minimum Gasteiger partial charge on any atom is -0.508 e. The Morgan fingerprint density at radius 1 is 0.893 bits per heavy atom. The Morgan fingerprint density at radius 3 is 2.11 bits per heavy atom. The highest BCUT2D eigenvalue weighted by Gasteiger charge is 2.14. The van der Waals surface area contributed by atoms with Gasteiger partial charge >= 0.3 is 0 Å². The van der Waals surface area contributed by atoms with Gasteiger partial charge in [-0.15, -0.1) is 0 Å². The van der Waals surface area contributed by atoms with Crippen molar-refractivity contribution in [3.63, 3.8) is 0 Å². The summed E-state index contributed by atoms with van der Waals surface area (Å²) in [4.78, 5) is 12.4. The van der Waals surface area contributed by atoms with Gasteiger partial charge in [0.2, 0.25) is 0 Å². The highest BCUT2D eigenvalue weighted by molar-refractivity contribution is 7.92. The topological polar surface area (TPSA) is 83.5 Å². The molecule has 0 radical (unpaired) electrons. The number of nitrogens with one attached hydrogen (secondary N) is 1. The number of sulfonamides is 1. The van der Waals surface area contributed by atoms with Gasteiger partial charge in [-0.3, -0.25) is 9.52 Å². The van der Waals surface area contributed by atoms with E-state index in [9.17, 15) is 18.3 Å². The van der Waals surface area contributed by atoms with Crippen molar-refractivity contribution in [1.29, 1.82) is 0 Å². The van der Waals surface area contributed by atoms with Gasteiger partial charge in [-0.05, 0) is 67.1 Å². The molecular weight excluding hydrogens is 374 g/mol. The van der Waals surface area contributed by atoms with Crippen LogP contribution in [-0.4, -0.2) is 19.3 Å². The summed E-state index contributed by atoms with van der Waals surface area (Å²) in [6.07, 6.45) is 3.08. The maximum atomic E-state index is 12.4. The fourth-order valence-electron chi connectivity index (χ4n) is 2.49. The minimum atomic E-state index is -3.68. The van der Waals surface area contributed by atoms with Gasteiger partial charge in [-0.2, -0.15) is 0 Å². The number of rotatable bonds is 6. The van der Waals surface area contributed by atoms with Crippen LogP contribution in [0.15, 0.2) is 83.8 Å². The van der Waals surface area contributed by atoms with Crippen molar-refractivity contribution in [3.8, 4) is 5.75 Å². The molecule has 0 amide bonds. The molecule has 0 aliphatic carbocycles. The third kappa shape index (κ3) is 4.86. The van der Waals surface area contributed by atoms with Crippen LogP contribution in [-0.2, 0) is 10.0 Å². The first-order valence-corrected chi connectivity index (χ1v) is 10.0. The summed E-state index contributed by atoms with van der Waals surface area (Å²) >= 11 is 0. The second-order valence-corrected chi connectivity index (χ2v) is 7.97. The lowest BCUT2D eigenvalue weighted by Gasteiger charge is -2.08. The number of carbonyl (C=O) groups excluding carboxylic acids is 1. The van der Waals surface area contributed by atoms with Gasteiger partial charge in [-0.25, -0.2) is 8.42 Å². The number of phenolic OH excluding ortho intramolecular Hbond substituents is 1. The highest BCUT2D eigenvalue weighted by atomic mass is 32.2. The van der Waals surface area contributed by atoms with Crippen molar-refractivity contribution in [2.45, 2.75) is 11.8 Å². The molecule has 0 saturated carbocycles. The van der Waals surface area contributed by atoms with E-state index in [2.05, 4.69) is 4.72 Å². The molecule has 0 aliphatic heterocycles. The van der Waals surface area contributed by atoms with Gasteiger partial charge in [-0.1, -0.05) is 35.9 Å². The summed E-state index contributed by atoms with van der Waals surface area (Å²) in [6, 6.07) is 19.3. The van der Waals surface area contributed by atoms with E-state index < -0.39 is 10.0 Å². The van der Waals surface area contributed by atoms with Gasteiger partial charge < -0.3 is 5.11 Å². The molecule has 0 unspecified atom stereocenters. The lowest BCUT2D eigenvalue weighted by Crippen LogP contribution is -2.13. The van der Waals surface area contributed by atoms with Crippen LogP contribution in [0.3, 0.4) is 0 Å². The average molecular weight is 393 g/mol. The van der Waals surface area contributed by atoms with Crippen LogP contribution in [0.2, 0.25) is 0 Å². The number of carbonyl (C=O) groups is 1. The second kappa shape index (κ2) is 8.10. The molecule has 0 atom stereocenters. The van der Waals surface area contributed by atoms with Crippen LogP contribution in [0, 0.1) is 6.92 Å². The largest absolute Gasteiger partial charge is 0.508 e. The Balaban J connectivity index is 1.69. The molecule has 0 aromatic heterocycles. The zero-order valence-electron chi connectivity index (χ0n) is 15.2. The van der Waals surface area contributed by atoms with E-state index >= 15 is 0 Å². The van der Waals surface area contributed by atoms with Crippen molar-refractivity contribution in [2.75, 3.05) is 4.72 Å². The van der Waals surface area contributed by atoms with Crippen LogP contribution in [0.1, 0.15) is 21.5 Å². The zero-order chi connectivity index (χ0) is 20.1. The number of ketones is 1. The summed E-state index contributed by atoms with van der Waals surface area (Å²) in [6.45, 7) is 1.88. The third-order valence-electron chi connectivity index (χ3n) is 4.07. The van der Waals surface area contributed by atoms with E-state index in [4.69, 9.17) is 0 Å². The molecule has 0 spiro atoms. The van der Waals surface area contributed by atoms with Gasteiger partial charge in [0.1, 0.15) is 5.75 Å². The average Bonchev–Trinajstić information content (AvgIpc) is 2.68. The summed E-state index contributed by atoms with van der Waals surface area (Å²) < 4.78 is 27.3. The number of phenols is 1. The Morgan fingerprint density at radius 2 is 1.50 bits per heavy atom. The Hall–Kier alpha value is -3.38. The Labute approximate surface area is 164 Å². The monoisotopic (exact) mass is 393 g/mol. The molecule has 3 aromatic rings. The van der Waals surface area contributed by atoms with Gasteiger partial charge in [0.05, 0.1) is 4.90 Å². The summed E-state index contributed by atoms with van der Waals surface area (Å²) in [5, 5.41) is 9.26. The smallest absolute Gasteiger partial charge is 0.261 e. The molecule has 0 bridgehead atoms. The molecule has 6 heteroatoms. The van der Waals surface area contributed by atoms with Gasteiger partial charge in [0, 0.05) is 11.3 Å². The predicted octanol–water partition coefficient (Wildman–Crippen LogP) is 4.40. The molecule has 3 rings (SSSR count). The van der Waals surface area contributed by atoms with Crippen LogP contribution in [0.25, 0.3) is 6.08 Å². The van der Waals surface area contributed by atoms with E-state index in [1.807, 2.05) is 6.92 Å². The maximum absolute atomic E-state index is 12.4. The molecule has 3 aromatic carbocycles. The van der Waals surface area contributed by atoms with Crippen molar-refractivity contribution >= 4 is 27.6 Å². The van der Waals surface area contributed by atoms with E-state index in [-0.39, 0.29) is 16.4 Å². The number of hydrogen-bond acceptors (Lipinski definition) is 4. The summed E-state index contributed by atoms with van der Waals surface area (Å²) in [5.41, 5.74) is 2.57. The molecule has 2 N–H and O–H groups in total. The fraction of sp³-hybridized carbons (Fsp3) is 0.0455. The van der Waals surface area contributed by atoms with Gasteiger partial charge in [0.25, 0.3) is 10.0 Å². The minimum absolute atomic E-state index is 0.159. The number of hydrogen-bond donors (Lipinski definition) is 2. The first kappa shape index (κ1) is 19.4. The van der Waals surface area contributed by atoms with Crippen LogP contribution in [0.4, 0.5) is 5.69 Å². The van der Waals surface area contributed by atoms with Crippen LogP contribution >= 0.6 is 0 Å². The van der Waals surface area contributed by atoms with Crippen molar-refractivity contribution in [1.82, 2.24) is 0 Å². The molecule has 0 fully saturated rings. The molecule has 0 heterocycles. The zero-order valence-corrected chi connectivity index (χ0v) is 16.0. The number of aryl methyl sites for hydroxylation is 1. The van der Waals surface area contributed by atoms with Crippen LogP contribution < -0.4 is 4.72 Å². The third-order valence-corrected chi connectivity index (χ3v) is 5.47. The molecule has 28 heavy (non-hydrogen) atoms. The SMILES string of the molecule is Cc1ccc(S(=O)(=O)Nc2ccc(C(=O)/C=C/c3ccc(O)cc3)cc2)cc1. The van der Waals surface area contributed by atoms with E-state index in [0.29, 0.717) is 11.3 Å². The van der Waals surface area contributed by atoms with Crippen molar-refractivity contribution in [2.24, 2.45) is 0 Å². The summed E-state index contributed by atoms with van der Waals surface area (Å²) in [5.74, 6) is -0.0480. The fourth-order valence-corrected chi connectivity index (χ4v) is 3.55. The second-order valence-electron chi connectivity index (χ2n) is 6.29. The molecule has 142 valence electrons. The van der Waals surface area contributed by atoms with E-state index in [1.54, 1.807) is 78.9 Å². The van der Waals surface area contributed by atoms with Crippen LogP contribution in [0.5, 0.6) is 5.75 Å². The predicted molar refractivity (Wildman–Crippen MR) is 110 cm³/mol. The molecular formula is C22H19NO4S. The number of benzene rings is 3. The quantitative estimate of drug-likeness (QED) is 0.480. The van der Waals surface area contributed by atoms with Crippen molar-refractivity contribution in [3.05, 3.63) is 95.6 Å². The normalized spacial score (nSPS) is 11.5. The highest BCUT2D eigenvalue weighted by Crippen LogP contribution is 2.18. The van der Waals surface area contributed by atoms with Gasteiger partial charge in [0.15, 0.2) is 5.78 Å². The molecule has 5 nitrogen and oxygen atoms in total. The standard InChI is InChI=1S/C22H19NO4S/c1-16-2-13-21(14-3-16)28(26,27)23-19-9-7-18(8-10-19)22(25)15-6-17-4-11-20(24)12-5-17/h2-15,23-24H,1H3/b15-6+. The van der Waals surface area contributed by atoms with Crippen molar-refractivity contribution < 1.29 is 18.3 Å². The molecule has 0 saturated heterocycles. The first-order valence-electron chi connectivity index (χ1n) is 8.54. The summed E-state index contributed by atoms with van der Waals surface area (Å²) in [7, 11) is -3.68. The van der Waals surface area contributed by atoms with E-state index in [1.165, 1.54) is 6.08 Å². The lowest BCUT2D eigenvalue weighted by molar-refractivity contribution is 0.104. The lowest BCUT2D eigenvalue weighted by atomic mass is 10.1. The Bertz CT molecular complexity index is 1100. The van der Waals surface area contributed by atoms with E-state index in [0.717, 1.165) is 11.1 Å². The number of anilines is 1. The number of allylic oxidation sites excluding steroid dienone is 1. The molecule has 0 aliphatic rings. The number of aromatic hydroxyl groups is 1. The Kier molecular flexibility index (Phi) is 5.61. The first-order chi connectivity index (χ1) is 13.3. The maximum Gasteiger partial charge on any atom is 0.261 e.